The molecular weight excluding hydrogens is 372 g/mol. The van der Waals surface area contributed by atoms with Gasteiger partial charge in [-0.05, 0) is 37.3 Å². The van der Waals surface area contributed by atoms with Crippen LogP contribution in [0, 0.1) is 0 Å². The second kappa shape index (κ2) is 7.03. The van der Waals surface area contributed by atoms with E-state index in [0.717, 1.165) is 30.0 Å². The van der Waals surface area contributed by atoms with Crippen LogP contribution in [0.3, 0.4) is 0 Å². The molecule has 0 aromatic heterocycles. The quantitative estimate of drug-likeness (QED) is 0.719. The lowest BCUT2D eigenvalue weighted by molar-refractivity contribution is -0.136. The van der Waals surface area contributed by atoms with Crippen LogP contribution >= 0.6 is 0 Å². The normalized spacial score (nSPS) is 29.8. The standard InChI is InChI=1S/C21H24N4O4/c26-17-7-6-16(19(27)23-17)25-20(28)15-3-1-2-12(18(15)21(25)29)10-24-9-8-13-4-5-14(11-24)22-13/h1-3,13-14,16,22H,4-11H2,(H,23,26,27). The number of benzene rings is 1. The molecule has 152 valence electrons. The maximum Gasteiger partial charge on any atom is 0.262 e. The Morgan fingerprint density at radius 3 is 2.62 bits per heavy atom. The molecule has 4 aliphatic rings. The van der Waals surface area contributed by atoms with E-state index in [4.69, 9.17) is 0 Å². The zero-order valence-electron chi connectivity index (χ0n) is 16.1. The van der Waals surface area contributed by atoms with Gasteiger partial charge < -0.3 is 5.32 Å². The minimum Gasteiger partial charge on any atom is -0.310 e. The summed E-state index contributed by atoms with van der Waals surface area (Å²) in [6.45, 7) is 2.49. The average molecular weight is 396 g/mol. The summed E-state index contributed by atoms with van der Waals surface area (Å²) in [4.78, 5) is 53.2. The van der Waals surface area contributed by atoms with E-state index in [9.17, 15) is 19.2 Å². The summed E-state index contributed by atoms with van der Waals surface area (Å²) in [5, 5.41) is 5.89. The number of carbonyl (C=O) groups excluding carboxylic acids is 4. The van der Waals surface area contributed by atoms with Crippen molar-refractivity contribution in [2.45, 2.75) is 56.8 Å². The van der Waals surface area contributed by atoms with Crippen LogP contribution in [0.4, 0.5) is 0 Å². The monoisotopic (exact) mass is 396 g/mol. The molecule has 5 rings (SSSR count). The molecular formula is C21H24N4O4. The molecule has 0 spiro atoms. The van der Waals surface area contributed by atoms with Crippen LogP contribution in [0.2, 0.25) is 0 Å². The van der Waals surface area contributed by atoms with Crippen LogP contribution in [0.25, 0.3) is 0 Å². The van der Waals surface area contributed by atoms with Crippen molar-refractivity contribution >= 4 is 23.6 Å². The van der Waals surface area contributed by atoms with Crippen molar-refractivity contribution in [1.29, 1.82) is 0 Å². The van der Waals surface area contributed by atoms with Crippen molar-refractivity contribution < 1.29 is 19.2 Å². The van der Waals surface area contributed by atoms with Crippen molar-refractivity contribution in [3.8, 4) is 0 Å². The number of nitrogens with one attached hydrogen (secondary N) is 2. The minimum absolute atomic E-state index is 0.125. The summed E-state index contributed by atoms with van der Waals surface area (Å²) < 4.78 is 0. The third-order valence-electron chi connectivity index (χ3n) is 6.56. The van der Waals surface area contributed by atoms with Gasteiger partial charge in [0, 0.05) is 38.1 Å². The molecule has 1 aromatic carbocycles. The zero-order valence-corrected chi connectivity index (χ0v) is 16.1. The highest BCUT2D eigenvalue weighted by Gasteiger charge is 2.45. The number of carbonyl (C=O) groups is 4. The van der Waals surface area contributed by atoms with Gasteiger partial charge in [0.1, 0.15) is 6.04 Å². The first-order valence-corrected chi connectivity index (χ1v) is 10.3. The van der Waals surface area contributed by atoms with Crippen LogP contribution in [-0.2, 0) is 16.1 Å². The second-order valence-corrected chi connectivity index (χ2v) is 8.45. The Labute approximate surface area is 168 Å². The third-order valence-corrected chi connectivity index (χ3v) is 6.56. The minimum atomic E-state index is -0.925. The van der Waals surface area contributed by atoms with Crippen molar-refractivity contribution in [2.24, 2.45) is 0 Å². The summed E-state index contributed by atoms with van der Waals surface area (Å²) in [6, 6.07) is 5.49. The molecule has 4 amide bonds. The van der Waals surface area contributed by atoms with E-state index < -0.39 is 23.8 Å². The van der Waals surface area contributed by atoms with E-state index in [0.29, 0.717) is 29.8 Å². The molecule has 0 radical (unpaired) electrons. The third kappa shape index (κ3) is 3.16. The molecule has 3 atom stereocenters. The molecule has 3 fully saturated rings. The van der Waals surface area contributed by atoms with Gasteiger partial charge in [0.05, 0.1) is 11.1 Å². The van der Waals surface area contributed by atoms with Gasteiger partial charge in [0.15, 0.2) is 0 Å². The van der Waals surface area contributed by atoms with E-state index in [-0.39, 0.29) is 18.7 Å². The predicted octanol–water partition coefficient (Wildman–Crippen LogP) is 0.414. The van der Waals surface area contributed by atoms with Gasteiger partial charge in [-0.1, -0.05) is 12.1 Å². The van der Waals surface area contributed by atoms with Gasteiger partial charge in [-0.15, -0.1) is 0 Å². The van der Waals surface area contributed by atoms with Crippen molar-refractivity contribution in [3.63, 3.8) is 0 Å². The number of hydrogen-bond acceptors (Lipinski definition) is 6. The van der Waals surface area contributed by atoms with Crippen molar-refractivity contribution in [2.75, 3.05) is 13.1 Å². The average Bonchev–Trinajstić information content (AvgIpc) is 3.16. The SMILES string of the molecule is O=C1CCC(N2C(=O)c3cccc(CN4CCC5CCC(C4)N5)c3C2=O)C(=O)N1. The predicted molar refractivity (Wildman–Crippen MR) is 103 cm³/mol. The maximum absolute atomic E-state index is 13.2. The van der Waals surface area contributed by atoms with E-state index in [2.05, 4.69) is 15.5 Å². The highest BCUT2D eigenvalue weighted by Crippen LogP contribution is 2.31. The van der Waals surface area contributed by atoms with E-state index in [1.807, 2.05) is 6.07 Å². The lowest BCUT2D eigenvalue weighted by atomic mass is 10.0. The molecule has 2 N–H and O–H groups in total. The number of fused-ring (bicyclic) bond motifs is 3. The van der Waals surface area contributed by atoms with Crippen LogP contribution in [0.15, 0.2) is 18.2 Å². The molecule has 3 unspecified atom stereocenters. The first-order valence-electron chi connectivity index (χ1n) is 10.3. The van der Waals surface area contributed by atoms with Crippen LogP contribution in [0.1, 0.15) is 58.4 Å². The van der Waals surface area contributed by atoms with Gasteiger partial charge in [0.25, 0.3) is 11.8 Å². The summed E-state index contributed by atoms with van der Waals surface area (Å²) in [5.74, 6) is -1.82. The molecule has 29 heavy (non-hydrogen) atoms. The van der Waals surface area contributed by atoms with Gasteiger partial charge in [-0.2, -0.15) is 0 Å². The van der Waals surface area contributed by atoms with E-state index in [1.54, 1.807) is 12.1 Å². The maximum atomic E-state index is 13.2. The number of likely N-dealkylation sites (tertiary alicyclic amines) is 1. The number of imide groups is 2. The Morgan fingerprint density at radius 1 is 0.966 bits per heavy atom. The second-order valence-electron chi connectivity index (χ2n) is 8.45. The van der Waals surface area contributed by atoms with Gasteiger partial charge in [-0.3, -0.25) is 34.3 Å². The topological polar surface area (TPSA) is 98.8 Å². The smallest absolute Gasteiger partial charge is 0.262 e. The molecule has 2 bridgehead atoms. The van der Waals surface area contributed by atoms with E-state index >= 15 is 0 Å². The van der Waals surface area contributed by atoms with Crippen LogP contribution < -0.4 is 10.6 Å². The summed E-state index contributed by atoms with van der Waals surface area (Å²) in [6.07, 6.45) is 3.79. The number of nitrogens with zero attached hydrogens (tertiary/aromatic N) is 2. The largest absolute Gasteiger partial charge is 0.310 e. The lowest BCUT2D eigenvalue weighted by Gasteiger charge is -2.28. The fraction of sp³-hybridized carbons (Fsp3) is 0.524. The molecule has 4 heterocycles. The highest BCUT2D eigenvalue weighted by atomic mass is 16.2. The molecule has 1 aromatic rings. The molecule has 0 saturated carbocycles. The Hall–Kier alpha value is -2.58. The van der Waals surface area contributed by atoms with Crippen molar-refractivity contribution in [1.82, 2.24) is 20.4 Å². The zero-order chi connectivity index (χ0) is 20.1. The Bertz CT molecular complexity index is 914. The Kier molecular flexibility index (Phi) is 4.48. The number of piperidine rings is 1. The van der Waals surface area contributed by atoms with Gasteiger partial charge in [-0.25, -0.2) is 0 Å². The first kappa shape index (κ1) is 18.4. The number of amides is 4. The summed E-state index contributed by atoms with van der Waals surface area (Å²) in [7, 11) is 0. The van der Waals surface area contributed by atoms with Gasteiger partial charge in [0.2, 0.25) is 11.8 Å². The fourth-order valence-electron chi connectivity index (χ4n) is 5.12. The molecule has 8 nitrogen and oxygen atoms in total. The number of rotatable bonds is 3. The molecule has 4 aliphatic heterocycles. The van der Waals surface area contributed by atoms with Crippen LogP contribution in [0.5, 0.6) is 0 Å². The van der Waals surface area contributed by atoms with Crippen LogP contribution in [-0.4, -0.2) is 64.6 Å². The summed E-state index contributed by atoms with van der Waals surface area (Å²) in [5.41, 5.74) is 1.59. The fourth-order valence-corrected chi connectivity index (χ4v) is 5.12. The van der Waals surface area contributed by atoms with E-state index in [1.165, 1.54) is 12.8 Å². The molecule has 0 aliphatic carbocycles. The van der Waals surface area contributed by atoms with Crippen molar-refractivity contribution in [3.05, 3.63) is 34.9 Å². The Morgan fingerprint density at radius 2 is 1.79 bits per heavy atom. The molecule has 3 saturated heterocycles. The number of hydrogen-bond donors (Lipinski definition) is 2. The summed E-state index contributed by atoms with van der Waals surface area (Å²) >= 11 is 0. The highest BCUT2D eigenvalue weighted by molar-refractivity contribution is 6.24. The molecule has 8 heteroatoms. The lowest BCUT2D eigenvalue weighted by Crippen LogP contribution is -2.54. The first-order chi connectivity index (χ1) is 14.0. The Balaban J connectivity index is 1.40. The van der Waals surface area contributed by atoms with Gasteiger partial charge >= 0.3 is 0 Å².